The van der Waals surface area contributed by atoms with Gasteiger partial charge in [0.1, 0.15) is 5.75 Å². The summed E-state index contributed by atoms with van der Waals surface area (Å²) in [5.74, 6) is -0.855. The van der Waals surface area contributed by atoms with Crippen molar-refractivity contribution in [1.29, 1.82) is 0 Å². The van der Waals surface area contributed by atoms with Crippen molar-refractivity contribution in [1.82, 2.24) is 4.98 Å². The maximum Gasteiger partial charge on any atom is 0.499 e. The molecule has 169 valence electrons. The van der Waals surface area contributed by atoms with Crippen LogP contribution in [0, 0.1) is 0 Å². The Morgan fingerprint density at radius 3 is 2.41 bits per heavy atom. The number of rotatable bonds is 5. The number of halogens is 5. The number of hydrogen-bond donors (Lipinski definition) is 1. The second-order valence-electron chi connectivity index (χ2n) is 7.54. The third kappa shape index (κ3) is 4.63. The van der Waals surface area contributed by atoms with Crippen molar-refractivity contribution >= 4 is 22.3 Å². The molecule has 1 aromatic heterocycles. The van der Waals surface area contributed by atoms with Crippen LogP contribution in [0.25, 0.3) is 10.9 Å². The highest BCUT2D eigenvalue weighted by molar-refractivity contribution is 5.83. The SMILES string of the molecule is [O]c1ccc2cc(N3CCC(Nc4ccccc4OC(F)(F)C(F)(F)F)CC3)ccc2n1. The summed E-state index contributed by atoms with van der Waals surface area (Å²) in [6.07, 6.45) is -9.82. The Morgan fingerprint density at radius 1 is 0.969 bits per heavy atom. The summed E-state index contributed by atoms with van der Waals surface area (Å²) in [4.78, 5) is 6.09. The number of ether oxygens (including phenoxy) is 1. The van der Waals surface area contributed by atoms with Gasteiger partial charge in [0.15, 0.2) is 0 Å². The molecule has 3 aromatic rings. The molecule has 10 heteroatoms. The minimum atomic E-state index is -5.81. The lowest BCUT2D eigenvalue weighted by Gasteiger charge is -2.35. The molecule has 0 saturated carbocycles. The van der Waals surface area contributed by atoms with Gasteiger partial charge in [0.05, 0.1) is 11.2 Å². The van der Waals surface area contributed by atoms with Gasteiger partial charge in [-0.1, -0.05) is 12.1 Å². The van der Waals surface area contributed by atoms with E-state index >= 15 is 0 Å². The molecule has 1 N–H and O–H groups in total. The number of fused-ring (bicyclic) bond motifs is 1. The topological polar surface area (TPSA) is 57.3 Å². The van der Waals surface area contributed by atoms with Crippen LogP contribution in [0.1, 0.15) is 12.8 Å². The van der Waals surface area contributed by atoms with Crippen LogP contribution in [0.2, 0.25) is 0 Å². The number of alkyl halides is 5. The molecule has 1 saturated heterocycles. The molecular weight excluding hydrogens is 433 g/mol. The molecular formula is C22H19F5N3O2. The first-order chi connectivity index (χ1) is 15.1. The smallest absolute Gasteiger partial charge is 0.424 e. The molecule has 0 unspecified atom stereocenters. The van der Waals surface area contributed by atoms with Crippen molar-refractivity contribution < 1.29 is 31.8 Å². The first kappa shape index (κ1) is 21.9. The molecule has 1 radical (unpaired) electrons. The minimum absolute atomic E-state index is 0.0834. The largest absolute Gasteiger partial charge is 0.499 e. The third-order valence-electron chi connectivity index (χ3n) is 5.32. The van der Waals surface area contributed by atoms with Crippen molar-refractivity contribution in [3.05, 3.63) is 54.6 Å². The lowest BCUT2D eigenvalue weighted by molar-refractivity contribution is -0.360. The number of anilines is 2. The molecule has 0 amide bonds. The van der Waals surface area contributed by atoms with Crippen LogP contribution in [0.3, 0.4) is 0 Å². The molecule has 2 aromatic carbocycles. The summed E-state index contributed by atoms with van der Waals surface area (Å²) in [5, 5.41) is 15.3. The van der Waals surface area contributed by atoms with E-state index in [0.717, 1.165) is 17.1 Å². The van der Waals surface area contributed by atoms with E-state index in [1.807, 2.05) is 12.1 Å². The summed E-state index contributed by atoms with van der Waals surface area (Å²) in [7, 11) is 0. The van der Waals surface area contributed by atoms with Crippen molar-refractivity contribution in [2.45, 2.75) is 31.2 Å². The first-order valence-corrected chi connectivity index (χ1v) is 9.94. The zero-order valence-electron chi connectivity index (χ0n) is 16.7. The summed E-state index contributed by atoms with van der Waals surface area (Å²) >= 11 is 0. The fourth-order valence-corrected chi connectivity index (χ4v) is 3.66. The molecule has 2 heterocycles. The average Bonchev–Trinajstić information content (AvgIpc) is 2.74. The van der Waals surface area contributed by atoms with E-state index in [0.29, 0.717) is 31.4 Å². The lowest BCUT2D eigenvalue weighted by Crippen LogP contribution is -2.42. The van der Waals surface area contributed by atoms with Crippen LogP contribution in [0.15, 0.2) is 54.6 Å². The van der Waals surface area contributed by atoms with Crippen molar-refractivity contribution in [3.8, 4) is 11.6 Å². The van der Waals surface area contributed by atoms with Crippen molar-refractivity contribution in [3.63, 3.8) is 0 Å². The monoisotopic (exact) mass is 452 g/mol. The fraction of sp³-hybridized carbons (Fsp3) is 0.318. The van der Waals surface area contributed by atoms with Gasteiger partial charge in [-0.3, -0.25) is 5.11 Å². The standard InChI is InChI=1S/C22H19F5N3O2/c23-21(24,25)22(26,27)32-19-4-2-1-3-18(19)28-15-9-11-30(12-10-15)16-6-7-17-14(13-16)5-8-20(31)29-17/h1-8,13,15,28H,9-12H2. The van der Waals surface area contributed by atoms with Crippen LogP contribution < -0.4 is 15.0 Å². The quantitative estimate of drug-likeness (QED) is 0.483. The summed E-state index contributed by atoms with van der Waals surface area (Å²) in [6, 6.07) is 14.0. The Kier molecular flexibility index (Phi) is 5.70. The Labute approximate surface area is 180 Å². The Morgan fingerprint density at radius 2 is 1.69 bits per heavy atom. The molecule has 0 atom stereocenters. The van der Waals surface area contributed by atoms with Gasteiger partial charge in [-0.15, -0.1) is 0 Å². The van der Waals surface area contributed by atoms with Crippen LogP contribution in [0.4, 0.5) is 33.3 Å². The van der Waals surface area contributed by atoms with E-state index in [2.05, 4.69) is 19.9 Å². The van der Waals surface area contributed by atoms with Crippen molar-refractivity contribution in [2.75, 3.05) is 23.3 Å². The first-order valence-electron chi connectivity index (χ1n) is 9.94. The Hall–Kier alpha value is -3.30. The number of aromatic nitrogens is 1. The predicted octanol–water partition coefficient (Wildman–Crippen LogP) is 5.99. The van der Waals surface area contributed by atoms with E-state index in [4.69, 9.17) is 0 Å². The number of piperidine rings is 1. The second kappa shape index (κ2) is 8.33. The lowest BCUT2D eigenvalue weighted by atomic mass is 10.0. The van der Waals surface area contributed by atoms with Crippen molar-refractivity contribution in [2.24, 2.45) is 0 Å². The Bertz CT molecular complexity index is 1100. The summed E-state index contributed by atoms with van der Waals surface area (Å²) < 4.78 is 68.2. The van der Waals surface area contributed by atoms with Gasteiger partial charge < -0.3 is 15.0 Å². The van der Waals surface area contributed by atoms with Gasteiger partial charge >= 0.3 is 12.3 Å². The summed E-state index contributed by atoms with van der Waals surface area (Å²) in [5.41, 5.74) is 1.66. The maximum atomic E-state index is 13.3. The van der Waals surface area contributed by atoms with E-state index < -0.39 is 18.0 Å². The molecule has 1 aliphatic rings. The van der Waals surface area contributed by atoms with E-state index in [1.54, 1.807) is 12.1 Å². The second-order valence-corrected chi connectivity index (χ2v) is 7.54. The van der Waals surface area contributed by atoms with E-state index in [-0.39, 0.29) is 17.6 Å². The predicted molar refractivity (Wildman–Crippen MR) is 109 cm³/mol. The zero-order valence-corrected chi connectivity index (χ0v) is 16.7. The van der Waals surface area contributed by atoms with E-state index in [9.17, 15) is 27.1 Å². The normalized spacial score (nSPS) is 15.7. The number of benzene rings is 2. The number of hydrogen-bond acceptors (Lipinski definition) is 4. The molecule has 1 aliphatic heterocycles. The maximum absolute atomic E-state index is 13.3. The number of para-hydroxylation sites is 2. The van der Waals surface area contributed by atoms with Crippen LogP contribution in [-0.4, -0.2) is 36.4 Å². The average molecular weight is 452 g/mol. The minimum Gasteiger partial charge on any atom is -0.424 e. The number of nitrogens with zero attached hydrogens (tertiary/aromatic N) is 2. The van der Waals surface area contributed by atoms with Crippen LogP contribution in [-0.2, 0) is 5.11 Å². The highest BCUT2D eigenvalue weighted by Gasteiger charge is 2.61. The van der Waals surface area contributed by atoms with Gasteiger partial charge in [-0.2, -0.15) is 22.0 Å². The molecule has 0 spiro atoms. The molecule has 0 bridgehead atoms. The van der Waals surface area contributed by atoms with Crippen LogP contribution in [0.5, 0.6) is 11.6 Å². The highest BCUT2D eigenvalue weighted by Crippen LogP contribution is 2.40. The molecule has 1 fully saturated rings. The third-order valence-corrected chi connectivity index (χ3v) is 5.32. The van der Waals surface area contributed by atoms with Gasteiger partial charge in [0.25, 0.3) is 5.88 Å². The van der Waals surface area contributed by atoms with Gasteiger partial charge in [-0.25, -0.2) is 4.98 Å². The van der Waals surface area contributed by atoms with Crippen LogP contribution >= 0.6 is 0 Å². The van der Waals surface area contributed by atoms with Gasteiger partial charge in [0, 0.05) is 36.3 Å². The molecule has 32 heavy (non-hydrogen) atoms. The molecule has 5 nitrogen and oxygen atoms in total. The fourth-order valence-electron chi connectivity index (χ4n) is 3.66. The molecule has 0 aliphatic carbocycles. The van der Waals surface area contributed by atoms with Gasteiger partial charge in [0.2, 0.25) is 0 Å². The highest BCUT2D eigenvalue weighted by atomic mass is 19.4. The van der Waals surface area contributed by atoms with E-state index in [1.165, 1.54) is 24.3 Å². The molecule has 4 rings (SSSR count). The number of pyridine rings is 1. The Balaban J connectivity index is 1.41. The number of nitrogens with one attached hydrogen (secondary N) is 1. The van der Waals surface area contributed by atoms with Gasteiger partial charge in [-0.05, 0) is 49.2 Å². The summed E-state index contributed by atoms with van der Waals surface area (Å²) in [6.45, 7) is 1.30. The zero-order chi connectivity index (χ0) is 22.9.